The number of piperidine rings is 1. The molecule has 1 N–H and O–H groups in total. The fraction of sp³-hybridized carbons (Fsp3) is 0.500. The molecule has 2 saturated heterocycles. The maximum absolute atomic E-state index is 13.2. The van der Waals surface area contributed by atoms with E-state index in [1.54, 1.807) is 0 Å². The summed E-state index contributed by atoms with van der Waals surface area (Å²) in [6, 6.07) is 11.5. The van der Waals surface area contributed by atoms with Gasteiger partial charge in [-0.3, -0.25) is 9.59 Å². The Kier molecular flexibility index (Phi) is 8.70. The van der Waals surface area contributed by atoms with Gasteiger partial charge in [0.15, 0.2) is 0 Å². The zero-order valence-electron chi connectivity index (χ0n) is 21.5. The number of anilines is 2. The summed E-state index contributed by atoms with van der Waals surface area (Å²) in [5, 5.41) is 3.09. The summed E-state index contributed by atoms with van der Waals surface area (Å²) < 4.78 is 17.4. The van der Waals surface area contributed by atoms with Crippen LogP contribution in [-0.2, 0) is 9.53 Å². The number of amides is 2. The number of hydrogen-bond donors (Lipinski definition) is 1. The molecule has 36 heavy (non-hydrogen) atoms. The molecule has 0 aromatic heterocycles. The number of carbonyl (C=O) groups is 2. The van der Waals surface area contributed by atoms with Gasteiger partial charge in [0.05, 0.1) is 37.8 Å². The first-order valence-corrected chi connectivity index (χ1v) is 12.9. The lowest BCUT2D eigenvalue weighted by Crippen LogP contribution is -2.41. The van der Waals surface area contributed by atoms with Crippen LogP contribution in [0, 0.1) is 12.8 Å². The molecular formula is C28H37N3O5. The van der Waals surface area contributed by atoms with Crippen molar-refractivity contribution in [2.75, 3.05) is 62.8 Å². The number of hydrogen-bond acceptors (Lipinski definition) is 6. The van der Waals surface area contributed by atoms with Crippen molar-refractivity contribution in [1.29, 1.82) is 0 Å². The summed E-state index contributed by atoms with van der Waals surface area (Å²) in [5.41, 5.74) is 3.26. The monoisotopic (exact) mass is 495 g/mol. The zero-order chi connectivity index (χ0) is 25.5. The number of benzene rings is 2. The van der Waals surface area contributed by atoms with E-state index in [4.69, 9.17) is 14.2 Å². The van der Waals surface area contributed by atoms with Gasteiger partial charge in [0, 0.05) is 49.8 Å². The van der Waals surface area contributed by atoms with E-state index in [0.29, 0.717) is 63.8 Å². The van der Waals surface area contributed by atoms with Crippen molar-refractivity contribution in [3.63, 3.8) is 0 Å². The molecule has 0 radical (unpaired) electrons. The van der Waals surface area contributed by atoms with Crippen LogP contribution in [0.4, 0.5) is 11.4 Å². The number of likely N-dealkylation sites (tertiary alicyclic amines) is 1. The average molecular weight is 496 g/mol. The Morgan fingerprint density at radius 1 is 0.972 bits per heavy atom. The minimum Gasteiger partial charge on any atom is -0.492 e. The fourth-order valence-corrected chi connectivity index (χ4v) is 4.81. The van der Waals surface area contributed by atoms with Crippen LogP contribution >= 0.6 is 0 Å². The van der Waals surface area contributed by atoms with E-state index in [-0.39, 0.29) is 17.7 Å². The minimum absolute atomic E-state index is 0.0330. The highest BCUT2D eigenvalue weighted by atomic mass is 16.5. The quantitative estimate of drug-likeness (QED) is 0.594. The van der Waals surface area contributed by atoms with Gasteiger partial charge in [0.1, 0.15) is 11.5 Å². The number of carbonyl (C=O) groups excluding carboxylic acids is 2. The molecule has 2 amide bonds. The summed E-state index contributed by atoms with van der Waals surface area (Å²) in [7, 11) is 0. The highest BCUT2D eigenvalue weighted by molar-refractivity contribution is 5.97. The first-order chi connectivity index (χ1) is 17.5. The Labute approximate surface area is 213 Å². The van der Waals surface area contributed by atoms with Gasteiger partial charge >= 0.3 is 0 Å². The molecule has 2 aliphatic rings. The molecule has 2 heterocycles. The summed E-state index contributed by atoms with van der Waals surface area (Å²) in [6.45, 7) is 10.8. The molecule has 2 aliphatic heterocycles. The van der Waals surface area contributed by atoms with Crippen LogP contribution in [0.15, 0.2) is 36.4 Å². The number of nitrogens with one attached hydrogen (secondary N) is 1. The van der Waals surface area contributed by atoms with Gasteiger partial charge in [-0.1, -0.05) is 18.2 Å². The van der Waals surface area contributed by atoms with E-state index in [2.05, 4.69) is 10.2 Å². The SMILES string of the molecule is CCOc1cc(N2CCOCC2)c(OCC)cc1NC(=O)C1CCN(C(=O)c2ccccc2C)CC1. The maximum Gasteiger partial charge on any atom is 0.254 e. The Morgan fingerprint density at radius 2 is 1.64 bits per heavy atom. The van der Waals surface area contributed by atoms with Gasteiger partial charge in [-0.15, -0.1) is 0 Å². The van der Waals surface area contributed by atoms with Crippen molar-refractivity contribution in [2.24, 2.45) is 5.92 Å². The Morgan fingerprint density at radius 3 is 2.31 bits per heavy atom. The predicted octanol–water partition coefficient (Wildman–Crippen LogP) is 4.12. The van der Waals surface area contributed by atoms with Gasteiger partial charge in [-0.05, 0) is 45.2 Å². The molecule has 8 nitrogen and oxygen atoms in total. The summed E-state index contributed by atoms with van der Waals surface area (Å²) in [5.74, 6) is 1.15. The van der Waals surface area contributed by atoms with E-state index in [0.717, 1.165) is 35.7 Å². The van der Waals surface area contributed by atoms with Crippen LogP contribution in [0.5, 0.6) is 11.5 Å². The second-order valence-corrected chi connectivity index (χ2v) is 9.15. The average Bonchev–Trinajstić information content (AvgIpc) is 2.91. The van der Waals surface area contributed by atoms with Crippen molar-refractivity contribution in [3.8, 4) is 11.5 Å². The van der Waals surface area contributed by atoms with E-state index >= 15 is 0 Å². The summed E-state index contributed by atoms with van der Waals surface area (Å²) >= 11 is 0. The molecule has 0 aliphatic carbocycles. The highest BCUT2D eigenvalue weighted by Gasteiger charge is 2.29. The molecule has 0 unspecified atom stereocenters. The van der Waals surface area contributed by atoms with Crippen LogP contribution in [-0.4, -0.2) is 69.3 Å². The first-order valence-electron chi connectivity index (χ1n) is 12.9. The van der Waals surface area contributed by atoms with Crippen molar-refractivity contribution >= 4 is 23.2 Å². The van der Waals surface area contributed by atoms with E-state index in [1.807, 2.05) is 62.1 Å². The van der Waals surface area contributed by atoms with Crippen LogP contribution in [0.1, 0.15) is 42.6 Å². The fourth-order valence-electron chi connectivity index (χ4n) is 4.81. The maximum atomic E-state index is 13.2. The van der Waals surface area contributed by atoms with Crippen LogP contribution in [0.25, 0.3) is 0 Å². The lowest BCUT2D eigenvalue weighted by atomic mass is 9.95. The Bertz CT molecular complexity index is 1060. The van der Waals surface area contributed by atoms with Gasteiger partial charge in [0.2, 0.25) is 5.91 Å². The lowest BCUT2D eigenvalue weighted by Gasteiger charge is -2.32. The smallest absolute Gasteiger partial charge is 0.254 e. The van der Waals surface area contributed by atoms with Crippen LogP contribution < -0.4 is 19.7 Å². The van der Waals surface area contributed by atoms with Crippen molar-refractivity contribution in [2.45, 2.75) is 33.6 Å². The number of morpholine rings is 1. The third-order valence-electron chi connectivity index (χ3n) is 6.80. The topological polar surface area (TPSA) is 80.3 Å². The van der Waals surface area contributed by atoms with Gasteiger partial charge in [-0.2, -0.15) is 0 Å². The van der Waals surface area contributed by atoms with E-state index < -0.39 is 0 Å². The van der Waals surface area contributed by atoms with Gasteiger partial charge in [0.25, 0.3) is 5.91 Å². The zero-order valence-corrected chi connectivity index (χ0v) is 21.5. The standard InChI is InChI=1S/C28H37N3O5/c1-4-35-25-19-24(30-14-16-34-17-15-30)26(36-5-2)18-23(25)29-27(32)21-10-12-31(13-11-21)28(33)22-9-7-6-8-20(22)3/h6-9,18-19,21H,4-5,10-17H2,1-3H3,(H,29,32). The molecule has 0 bridgehead atoms. The molecule has 0 saturated carbocycles. The van der Waals surface area contributed by atoms with Crippen molar-refractivity contribution < 1.29 is 23.8 Å². The van der Waals surface area contributed by atoms with E-state index in [9.17, 15) is 9.59 Å². The third kappa shape index (κ3) is 5.93. The second-order valence-electron chi connectivity index (χ2n) is 9.15. The van der Waals surface area contributed by atoms with Gasteiger partial charge < -0.3 is 29.3 Å². The normalized spacial score (nSPS) is 16.5. The highest BCUT2D eigenvalue weighted by Crippen LogP contribution is 2.39. The summed E-state index contributed by atoms with van der Waals surface area (Å²) in [4.78, 5) is 30.3. The first kappa shape index (κ1) is 25.8. The van der Waals surface area contributed by atoms with E-state index in [1.165, 1.54) is 0 Å². The molecule has 0 atom stereocenters. The number of nitrogens with zero attached hydrogens (tertiary/aromatic N) is 2. The molecule has 2 aromatic rings. The van der Waals surface area contributed by atoms with Crippen molar-refractivity contribution in [3.05, 3.63) is 47.5 Å². The van der Waals surface area contributed by atoms with Crippen LogP contribution in [0.3, 0.4) is 0 Å². The molecule has 8 heteroatoms. The number of aryl methyl sites for hydroxylation is 1. The molecule has 4 rings (SSSR count). The van der Waals surface area contributed by atoms with Crippen LogP contribution in [0.2, 0.25) is 0 Å². The Hall–Kier alpha value is -3.26. The molecular weight excluding hydrogens is 458 g/mol. The second kappa shape index (κ2) is 12.1. The molecule has 2 aromatic carbocycles. The lowest BCUT2D eigenvalue weighted by molar-refractivity contribution is -0.121. The molecule has 0 spiro atoms. The third-order valence-corrected chi connectivity index (χ3v) is 6.80. The van der Waals surface area contributed by atoms with Crippen molar-refractivity contribution in [1.82, 2.24) is 4.90 Å². The van der Waals surface area contributed by atoms with Gasteiger partial charge in [-0.25, -0.2) is 0 Å². The number of rotatable bonds is 8. The molecule has 2 fully saturated rings. The Balaban J connectivity index is 1.45. The number of ether oxygens (including phenoxy) is 3. The largest absolute Gasteiger partial charge is 0.492 e. The predicted molar refractivity (Wildman–Crippen MR) is 140 cm³/mol. The molecule has 194 valence electrons. The summed E-state index contributed by atoms with van der Waals surface area (Å²) in [6.07, 6.45) is 1.25. The minimum atomic E-state index is -0.171.